The summed E-state index contributed by atoms with van der Waals surface area (Å²) in [4.78, 5) is 8.39. The van der Waals surface area contributed by atoms with E-state index in [2.05, 4.69) is 43.0 Å². The fourth-order valence-corrected chi connectivity index (χ4v) is 5.53. The Morgan fingerprint density at radius 1 is 1.18 bits per heavy atom. The molecule has 1 spiro atoms. The molecular formula is C19H21BrN4O3S. The van der Waals surface area contributed by atoms with Crippen molar-refractivity contribution in [3.63, 3.8) is 0 Å². The predicted molar refractivity (Wildman–Crippen MR) is 109 cm³/mol. The quantitative estimate of drug-likeness (QED) is 0.639. The van der Waals surface area contributed by atoms with Crippen LogP contribution in [0.1, 0.15) is 35.1 Å². The molecule has 7 nitrogen and oxygen atoms in total. The summed E-state index contributed by atoms with van der Waals surface area (Å²) in [5.41, 5.74) is 1.13. The molecule has 1 N–H and O–H groups in total. The highest BCUT2D eigenvalue weighted by molar-refractivity contribution is 9.10. The molecule has 148 valence electrons. The molecule has 2 fully saturated rings. The van der Waals surface area contributed by atoms with E-state index >= 15 is 0 Å². The lowest BCUT2D eigenvalue weighted by Crippen LogP contribution is -2.46. The maximum atomic E-state index is 10.9. The molecule has 0 bridgehead atoms. The summed E-state index contributed by atoms with van der Waals surface area (Å²) in [5.74, 6) is 0.400. The van der Waals surface area contributed by atoms with Gasteiger partial charge in [0.25, 0.3) is 0 Å². The van der Waals surface area contributed by atoms with E-state index in [1.165, 1.54) is 15.9 Å². The third-order valence-corrected chi connectivity index (χ3v) is 7.08. The highest BCUT2D eigenvalue weighted by atomic mass is 79.9. The zero-order valence-electron chi connectivity index (χ0n) is 15.5. The lowest BCUT2D eigenvalue weighted by atomic mass is 9.97. The number of hydrogen-bond acceptors (Lipinski definition) is 7. The molecule has 1 atom stereocenters. The van der Waals surface area contributed by atoms with E-state index in [1.807, 2.05) is 19.1 Å². The number of aromatic hydroxyl groups is 1. The van der Waals surface area contributed by atoms with Gasteiger partial charge in [-0.2, -0.15) is 4.52 Å². The zero-order chi connectivity index (χ0) is 19.3. The predicted octanol–water partition coefficient (Wildman–Crippen LogP) is 3.50. The molecule has 5 rings (SSSR count). The summed E-state index contributed by atoms with van der Waals surface area (Å²) in [6.07, 6.45) is 1.64. The average Bonchev–Trinajstić information content (AvgIpc) is 3.37. The largest absolute Gasteiger partial charge is 0.492 e. The average molecular weight is 465 g/mol. The molecule has 0 aliphatic carbocycles. The lowest BCUT2D eigenvalue weighted by molar-refractivity contribution is -0.187. The second-order valence-electron chi connectivity index (χ2n) is 7.24. The van der Waals surface area contributed by atoms with Crippen molar-refractivity contribution in [1.29, 1.82) is 0 Å². The number of fused-ring (bicyclic) bond motifs is 1. The van der Waals surface area contributed by atoms with Crippen LogP contribution < -0.4 is 0 Å². The van der Waals surface area contributed by atoms with Crippen LogP contribution >= 0.6 is 27.3 Å². The Balaban J connectivity index is 1.52. The normalized spacial score (nSPS) is 20.9. The Kier molecular flexibility index (Phi) is 4.67. The van der Waals surface area contributed by atoms with E-state index in [0.717, 1.165) is 40.8 Å². The molecule has 0 amide bonds. The van der Waals surface area contributed by atoms with Crippen LogP contribution in [0.3, 0.4) is 0 Å². The minimum atomic E-state index is -0.425. The molecule has 1 unspecified atom stereocenters. The first-order valence-electron chi connectivity index (χ1n) is 9.37. The Hall–Kier alpha value is -1.52. The van der Waals surface area contributed by atoms with Crippen molar-refractivity contribution >= 4 is 32.2 Å². The van der Waals surface area contributed by atoms with E-state index in [4.69, 9.17) is 9.47 Å². The minimum absolute atomic E-state index is 0.0688. The summed E-state index contributed by atoms with van der Waals surface area (Å²) < 4.78 is 14.3. The van der Waals surface area contributed by atoms with Crippen molar-refractivity contribution < 1.29 is 14.6 Å². The van der Waals surface area contributed by atoms with Gasteiger partial charge in [-0.15, -0.1) is 5.10 Å². The SMILES string of the molecule is Cc1nc2sc(C(c3ccc(Br)cc3)N3CCC4(CC3)OCCO4)c(O)n2n1. The summed E-state index contributed by atoms with van der Waals surface area (Å²) in [6, 6.07) is 8.20. The van der Waals surface area contributed by atoms with Gasteiger partial charge < -0.3 is 14.6 Å². The van der Waals surface area contributed by atoms with Gasteiger partial charge in [-0.05, 0) is 24.6 Å². The van der Waals surface area contributed by atoms with Crippen molar-refractivity contribution in [3.8, 4) is 5.88 Å². The molecule has 0 saturated carbocycles. The third-order valence-electron chi connectivity index (χ3n) is 5.48. The maximum absolute atomic E-state index is 10.9. The fraction of sp³-hybridized carbons (Fsp3) is 0.474. The summed E-state index contributed by atoms with van der Waals surface area (Å²) in [5, 5.41) is 15.2. The Morgan fingerprint density at radius 3 is 2.50 bits per heavy atom. The van der Waals surface area contributed by atoms with E-state index in [1.54, 1.807) is 0 Å². The van der Waals surface area contributed by atoms with Gasteiger partial charge in [-0.3, -0.25) is 4.90 Å². The first-order chi connectivity index (χ1) is 13.5. The number of piperidine rings is 1. The number of rotatable bonds is 3. The van der Waals surface area contributed by atoms with Gasteiger partial charge in [0.15, 0.2) is 5.79 Å². The second kappa shape index (κ2) is 7.07. The number of halogens is 1. The number of aryl methyl sites for hydroxylation is 1. The van der Waals surface area contributed by atoms with Gasteiger partial charge in [-0.25, -0.2) is 4.98 Å². The number of benzene rings is 1. The highest BCUT2D eigenvalue weighted by Gasteiger charge is 2.42. The Morgan fingerprint density at radius 2 is 1.86 bits per heavy atom. The Labute approximate surface area is 175 Å². The molecule has 9 heteroatoms. The number of thiazole rings is 1. The molecule has 28 heavy (non-hydrogen) atoms. The molecule has 3 aromatic rings. The standard InChI is InChI=1S/C19H21BrN4O3S/c1-12-21-18-24(22-12)17(25)16(28-18)15(13-2-4-14(20)5-3-13)23-8-6-19(7-9-23)26-10-11-27-19/h2-5,15,25H,6-11H2,1H3. The number of likely N-dealkylation sites (tertiary alicyclic amines) is 1. The van der Waals surface area contributed by atoms with Crippen LogP contribution in [0.25, 0.3) is 4.96 Å². The molecule has 2 saturated heterocycles. The van der Waals surface area contributed by atoms with Gasteiger partial charge >= 0.3 is 0 Å². The van der Waals surface area contributed by atoms with E-state index in [0.29, 0.717) is 24.0 Å². The fourth-order valence-electron chi connectivity index (χ4n) is 4.11. The van der Waals surface area contributed by atoms with Crippen molar-refractivity contribution in [2.24, 2.45) is 0 Å². The second-order valence-corrected chi connectivity index (χ2v) is 9.17. The van der Waals surface area contributed by atoms with Crippen LogP contribution in [0.15, 0.2) is 28.7 Å². The summed E-state index contributed by atoms with van der Waals surface area (Å²) in [6.45, 7) is 4.82. The first kappa shape index (κ1) is 18.5. The minimum Gasteiger partial charge on any atom is -0.492 e. The molecule has 2 aliphatic heterocycles. The third kappa shape index (κ3) is 3.15. The van der Waals surface area contributed by atoms with Gasteiger partial charge in [0.2, 0.25) is 10.8 Å². The van der Waals surface area contributed by atoms with Gasteiger partial charge in [0.1, 0.15) is 5.82 Å². The molecular weight excluding hydrogens is 444 g/mol. The number of hydrogen-bond donors (Lipinski definition) is 1. The lowest BCUT2D eigenvalue weighted by Gasteiger charge is -2.41. The van der Waals surface area contributed by atoms with Crippen molar-refractivity contribution in [2.45, 2.75) is 31.6 Å². The smallest absolute Gasteiger partial charge is 0.230 e. The van der Waals surface area contributed by atoms with E-state index in [-0.39, 0.29) is 11.9 Å². The molecule has 2 aromatic heterocycles. The monoisotopic (exact) mass is 464 g/mol. The van der Waals surface area contributed by atoms with Crippen LogP contribution in [0.4, 0.5) is 0 Å². The molecule has 2 aliphatic rings. The van der Waals surface area contributed by atoms with Crippen LogP contribution in [-0.2, 0) is 9.47 Å². The highest BCUT2D eigenvalue weighted by Crippen LogP contribution is 2.43. The van der Waals surface area contributed by atoms with E-state index in [9.17, 15) is 5.11 Å². The summed E-state index contributed by atoms with van der Waals surface area (Å²) in [7, 11) is 0. The molecule has 1 aromatic carbocycles. The van der Waals surface area contributed by atoms with Gasteiger partial charge in [-0.1, -0.05) is 39.4 Å². The zero-order valence-corrected chi connectivity index (χ0v) is 17.9. The van der Waals surface area contributed by atoms with Gasteiger partial charge in [0.05, 0.1) is 24.1 Å². The van der Waals surface area contributed by atoms with Gasteiger partial charge in [0, 0.05) is 30.4 Å². The van der Waals surface area contributed by atoms with Crippen molar-refractivity contribution in [3.05, 3.63) is 45.0 Å². The van der Waals surface area contributed by atoms with E-state index < -0.39 is 5.79 Å². The van der Waals surface area contributed by atoms with Crippen LogP contribution in [0.2, 0.25) is 0 Å². The summed E-state index contributed by atoms with van der Waals surface area (Å²) >= 11 is 5.01. The number of nitrogens with zero attached hydrogens (tertiary/aromatic N) is 4. The first-order valence-corrected chi connectivity index (χ1v) is 11.0. The molecule has 0 radical (unpaired) electrons. The van der Waals surface area contributed by atoms with Crippen LogP contribution in [-0.4, -0.2) is 56.7 Å². The topological polar surface area (TPSA) is 72.1 Å². The van der Waals surface area contributed by atoms with Crippen molar-refractivity contribution in [1.82, 2.24) is 19.5 Å². The molecule has 4 heterocycles. The number of ether oxygens (including phenoxy) is 2. The van der Waals surface area contributed by atoms with Crippen LogP contribution in [0, 0.1) is 6.92 Å². The maximum Gasteiger partial charge on any atom is 0.230 e. The number of aromatic nitrogens is 3. The van der Waals surface area contributed by atoms with Crippen molar-refractivity contribution in [2.75, 3.05) is 26.3 Å². The Bertz CT molecular complexity index is 987. The van der Waals surface area contributed by atoms with Crippen LogP contribution in [0.5, 0.6) is 5.88 Å².